The summed E-state index contributed by atoms with van der Waals surface area (Å²) in [6.45, 7) is 3.01. The lowest BCUT2D eigenvalue weighted by atomic mass is 9.93. The fourth-order valence-corrected chi connectivity index (χ4v) is 2.95. The summed E-state index contributed by atoms with van der Waals surface area (Å²) in [5.41, 5.74) is 7.21. The largest absolute Gasteiger partial charge is 0.478 e. The highest BCUT2D eigenvalue weighted by Gasteiger charge is 2.21. The standard InChI is InChI=1S/C15H22N2O2/c1-2-17(11-6-4-3-5-7-11)12-8-9-14(16)13(10-12)15(18)19/h8-11H,2-7,16H2,1H3,(H,18,19). The minimum Gasteiger partial charge on any atom is -0.478 e. The SMILES string of the molecule is CCN(c1ccc(N)c(C(=O)O)c1)C1CCCCC1. The predicted octanol–water partition coefficient (Wildman–Crippen LogP) is 3.13. The Morgan fingerprint density at radius 2 is 2.05 bits per heavy atom. The van der Waals surface area contributed by atoms with Crippen LogP contribution in [-0.4, -0.2) is 23.7 Å². The van der Waals surface area contributed by atoms with Gasteiger partial charge in [0, 0.05) is 24.0 Å². The first-order valence-electron chi connectivity index (χ1n) is 7.03. The van der Waals surface area contributed by atoms with Crippen LogP contribution in [0.4, 0.5) is 11.4 Å². The van der Waals surface area contributed by atoms with Crippen LogP contribution in [0.1, 0.15) is 49.4 Å². The van der Waals surface area contributed by atoms with E-state index in [-0.39, 0.29) is 5.56 Å². The number of anilines is 2. The monoisotopic (exact) mass is 262 g/mol. The van der Waals surface area contributed by atoms with Crippen molar-refractivity contribution < 1.29 is 9.90 Å². The number of nitrogens with two attached hydrogens (primary N) is 1. The molecule has 0 bridgehead atoms. The van der Waals surface area contributed by atoms with Crippen LogP contribution < -0.4 is 10.6 Å². The first-order chi connectivity index (χ1) is 9.13. The predicted molar refractivity (Wildman–Crippen MR) is 77.7 cm³/mol. The van der Waals surface area contributed by atoms with E-state index in [1.807, 2.05) is 6.07 Å². The smallest absolute Gasteiger partial charge is 0.337 e. The number of carboxylic acids is 1. The Bertz CT molecular complexity index is 453. The van der Waals surface area contributed by atoms with Crippen LogP contribution in [0.3, 0.4) is 0 Å². The van der Waals surface area contributed by atoms with Crippen molar-refractivity contribution in [3.05, 3.63) is 23.8 Å². The number of nitrogens with zero attached hydrogens (tertiary/aromatic N) is 1. The number of carbonyl (C=O) groups is 1. The van der Waals surface area contributed by atoms with Gasteiger partial charge in [-0.25, -0.2) is 4.79 Å². The molecule has 0 aromatic heterocycles. The maximum absolute atomic E-state index is 11.2. The number of nitrogen functional groups attached to an aromatic ring is 1. The maximum Gasteiger partial charge on any atom is 0.337 e. The lowest BCUT2D eigenvalue weighted by Gasteiger charge is -2.35. The average Bonchev–Trinajstić information content (AvgIpc) is 2.42. The molecule has 2 rings (SSSR count). The lowest BCUT2D eigenvalue weighted by Crippen LogP contribution is -2.36. The summed E-state index contributed by atoms with van der Waals surface area (Å²) in [6.07, 6.45) is 6.24. The Morgan fingerprint density at radius 3 is 2.63 bits per heavy atom. The van der Waals surface area contributed by atoms with Crippen molar-refractivity contribution in [3.8, 4) is 0 Å². The normalized spacial score (nSPS) is 16.3. The number of aromatic carboxylic acids is 1. The van der Waals surface area contributed by atoms with Crippen molar-refractivity contribution in [2.75, 3.05) is 17.2 Å². The van der Waals surface area contributed by atoms with E-state index in [1.165, 1.54) is 32.1 Å². The molecule has 19 heavy (non-hydrogen) atoms. The zero-order valence-corrected chi connectivity index (χ0v) is 11.4. The molecule has 3 N–H and O–H groups in total. The van der Waals surface area contributed by atoms with E-state index in [1.54, 1.807) is 12.1 Å². The van der Waals surface area contributed by atoms with E-state index in [0.717, 1.165) is 12.2 Å². The highest BCUT2D eigenvalue weighted by atomic mass is 16.4. The second-order valence-electron chi connectivity index (χ2n) is 5.15. The minimum absolute atomic E-state index is 0.201. The topological polar surface area (TPSA) is 66.6 Å². The van der Waals surface area contributed by atoms with Gasteiger partial charge in [0.25, 0.3) is 0 Å². The van der Waals surface area contributed by atoms with Gasteiger partial charge in [-0.3, -0.25) is 0 Å². The van der Waals surface area contributed by atoms with E-state index in [0.29, 0.717) is 11.7 Å². The van der Waals surface area contributed by atoms with Crippen LogP contribution in [0.25, 0.3) is 0 Å². The van der Waals surface area contributed by atoms with Gasteiger partial charge in [0.1, 0.15) is 0 Å². The number of benzene rings is 1. The summed E-state index contributed by atoms with van der Waals surface area (Å²) in [6, 6.07) is 5.86. The molecule has 1 aliphatic rings. The molecule has 0 saturated heterocycles. The highest BCUT2D eigenvalue weighted by Crippen LogP contribution is 2.29. The van der Waals surface area contributed by atoms with Gasteiger partial charge in [-0.15, -0.1) is 0 Å². The minimum atomic E-state index is -0.959. The summed E-state index contributed by atoms with van der Waals surface area (Å²) < 4.78 is 0. The Kier molecular flexibility index (Phi) is 4.30. The third kappa shape index (κ3) is 3.00. The van der Waals surface area contributed by atoms with Gasteiger partial charge in [0.05, 0.1) is 5.56 Å². The fourth-order valence-electron chi connectivity index (χ4n) is 2.95. The Balaban J connectivity index is 2.27. The van der Waals surface area contributed by atoms with Crippen molar-refractivity contribution in [1.82, 2.24) is 0 Å². The third-order valence-corrected chi connectivity index (χ3v) is 3.96. The molecule has 1 fully saturated rings. The Morgan fingerprint density at radius 1 is 1.37 bits per heavy atom. The van der Waals surface area contributed by atoms with Crippen molar-refractivity contribution in [2.24, 2.45) is 0 Å². The summed E-state index contributed by atoms with van der Waals surface area (Å²) >= 11 is 0. The molecule has 1 aromatic rings. The van der Waals surface area contributed by atoms with Crippen molar-refractivity contribution in [1.29, 1.82) is 0 Å². The van der Waals surface area contributed by atoms with Crippen LogP contribution in [0.5, 0.6) is 0 Å². The second-order valence-corrected chi connectivity index (χ2v) is 5.15. The van der Waals surface area contributed by atoms with E-state index in [9.17, 15) is 4.79 Å². The Labute approximate surface area is 114 Å². The van der Waals surface area contributed by atoms with Gasteiger partial charge in [-0.2, -0.15) is 0 Å². The molecule has 0 amide bonds. The number of hydrogen-bond donors (Lipinski definition) is 2. The van der Waals surface area contributed by atoms with E-state index < -0.39 is 5.97 Å². The zero-order valence-electron chi connectivity index (χ0n) is 11.4. The van der Waals surface area contributed by atoms with Crippen molar-refractivity contribution in [3.63, 3.8) is 0 Å². The van der Waals surface area contributed by atoms with Crippen molar-refractivity contribution in [2.45, 2.75) is 45.1 Å². The molecule has 0 atom stereocenters. The third-order valence-electron chi connectivity index (χ3n) is 3.96. The highest BCUT2D eigenvalue weighted by molar-refractivity contribution is 5.94. The first-order valence-corrected chi connectivity index (χ1v) is 7.03. The van der Waals surface area contributed by atoms with Gasteiger partial charge >= 0.3 is 5.97 Å². The second kappa shape index (κ2) is 5.95. The summed E-state index contributed by atoms with van der Waals surface area (Å²) in [5.74, 6) is -0.959. The Hall–Kier alpha value is -1.71. The summed E-state index contributed by atoms with van der Waals surface area (Å²) in [4.78, 5) is 13.5. The molecular weight excluding hydrogens is 240 g/mol. The molecule has 0 spiro atoms. The molecule has 0 radical (unpaired) electrons. The van der Waals surface area contributed by atoms with Crippen LogP contribution in [0.15, 0.2) is 18.2 Å². The molecule has 4 heteroatoms. The van der Waals surface area contributed by atoms with E-state index >= 15 is 0 Å². The van der Waals surface area contributed by atoms with Crippen LogP contribution in [0, 0.1) is 0 Å². The van der Waals surface area contributed by atoms with Gasteiger partial charge in [0.15, 0.2) is 0 Å². The molecule has 1 aromatic carbocycles. The fraction of sp³-hybridized carbons (Fsp3) is 0.533. The number of rotatable bonds is 4. The van der Waals surface area contributed by atoms with Crippen LogP contribution in [0.2, 0.25) is 0 Å². The molecule has 1 saturated carbocycles. The van der Waals surface area contributed by atoms with Gasteiger partial charge in [-0.05, 0) is 38.0 Å². The van der Waals surface area contributed by atoms with Crippen molar-refractivity contribution >= 4 is 17.3 Å². The van der Waals surface area contributed by atoms with Gasteiger partial charge in [0.2, 0.25) is 0 Å². The van der Waals surface area contributed by atoms with Gasteiger partial charge in [-0.1, -0.05) is 19.3 Å². The molecule has 1 aliphatic carbocycles. The average molecular weight is 262 g/mol. The van der Waals surface area contributed by atoms with Crippen LogP contribution in [-0.2, 0) is 0 Å². The molecule has 104 valence electrons. The number of carboxylic acid groups (broad SMARTS) is 1. The first kappa shape index (κ1) is 13.7. The zero-order chi connectivity index (χ0) is 13.8. The molecule has 0 aliphatic heterocycles. The maximum atomic E-state index is 11.2. The summed E-state index contributed by atoms with van der Waals surface area (Å²) in [5, 5.41) is 9.16. The van der Waals surface area contributed by atoms with E-state index in [2.05, 4.69) is 11.8 Å². The number of hydrogen-bond acceptors (Lipinski definition) is 3. The van der Waals surface area contributed by atoms with E-state index in [4.69, 9.17) is 10.8 Å². The molecule has 4 nitrogen and oxygen atoms in total. The quantitative estimate of drug-likeness (QED) is 0.818. The molecule has 0 heterocycles. The van der Waals surface area contributed by atoms with Gasteiger partial charge < -0.3 is 15.7 Å². The van der Waals surface area contributed by atoms with Crippen LogP contribution >= 0.6 is 0 Å². The summed E-state index contributed by atoms with van der Waals surface area (Å²) in [7, 11) is 0. The lowest BCUT2D eigenvalue weighted by molar-refractivity contribution is 0.0698. The molecular formula is C15H22N2O2. The molecule has 0 unspecified atom stereocenters.